The summed E-state index contributed by atoms with van der Waals surface area (Å²) in [6.45, 7) is 0.710. The lowest BCUT2D eigenvalue weighted by Gasteiger charge is -2.34. The number of nitrogens with zero attached hydrogens (tertiary/aromatic N) is 1. The van der Waals surface area contributed by atoms with Gasteiger partial charge in [-0.3, -0.25) is 9.69 Å². The van der Waals surface area contributed by atoms with Crippen LogP contribution >= 0.6 is 0 Å². The molecular weight excluding hydrogens is 283 g/mol. The third-order valence-corrected chi connectivity index (χ3v) is 3.78. The molecule has 1 atom stereocenters. The molecule has 3 nitrogen and oxygen atoms in total. The zero-order valence-electron chi connectivity index (χ0n) is 11.8. The first-order valence-electron chi connectivity index (χ1n) is 6.90. The molecule has 0 unspecified atom stereocenters. The molecule has 6 heteroatoms. The van der Waals surface area contributed by atoms with Crippen LogP contribution < -0.4 is 0 Å². The molecule has 0 aliphatic carbocycles. The maximum atomic E-state index is 13.0. The normalized spacial score (nSPS) is 20.3. The number of halogens is 3. The van der Waals surface area contributed by atoms with Gasteiger partial charge in [-0.05, 0) is 31.0 Å². The molecule has 0 amide bonds. The van der Waals surface area contributed by atoms with Gasteiger partial charge in [0.05, 0.1) is 12.7 Å². The van der Waals surface area contributed by atoms with Gasteiger partial charge < -0.3 is 4.74 Å². The Morgan fingerprint density at radius 1 is 1.33 bits per heavy atom. The second-order valence-corrected chi connectivity index (χ2v) is 5.16. The summed E-state index contributed by atoms with van der Waals surface area (Å²) in [5.74, 6) is -0.376. The highest BCUT2D eigenvalue weighted by Crippen LogP contribution is 2.33. The van der Waals surface area contributed by atoms with Crippen molar-refractivity contribution in [2.24, 2.45) is 0 Å². The predicted octanol–water partition coefficient (Wildman–Crippen LogP) is 3.23. The summed E-state index contributed by atoms with van der Waals surface area (Å²) in [5, 5.41) is 0. The number of rotatable bonds is 3. The first-order valence-corrected chi connectivity index (χ1v) is 6.90. The molecule has 1 fully saturated rings. The summed E-state index contributed by atoms with van der Waals surface area (Å²) < 4.78 is 43.8. The molecule has 116 valence electrons. The van der Waals surface area contributed by atoms with Crippen molar-refractivity contribution in [3.05, 3.63) is 35.4 Å². The third-order valence-electron chi connectivity index (χ3n) is 3.78. The second kappa shape index (κ2) is 6.47. The molecule has 1 aliphatic heterocycles. The van der Waals surface area contributed by atoms with Gasteiger partial charge in [0.25, 0.3) is 0 Å². The van der Waals surface area contributed by atoms with E-state index in [4.69, 9.17) is 4.74 Å². The molecule has 2 rings (SSSR count). The Labute approximate surface area is 121 Å². The molecule has 1 aromatic carbocycles. The molecule has 1 aromatic rings. The number of piperidine rings is 1. The molecule has 1 heterocycles. The van der Waals surface area contributed by atoms with Gasteiger partial charge in [-0.1, -0.05) is 24.6 Å². The number of benzene rings is 1. The Morgan fingerprint density at radius 2 is 2.05 bits per heavy atom. The number of methoxy groups -OCH3 is 1. The highest BCUT2D eigenvalue weighted by molar-refractivity contribution is 5.75. The number of ether oxygens (including phenoxy) is 1. The summed E-state index contributed by atoms with van der Waals surface area (Å²) in [7, 11) is 1.30. The number of carbonyl (C=O) groups is 1. The second-order valence-electron chi connectivity index (χ2n) is 5.16. The molecule has 0 bridgehead atoms. The van der Waals surface area contributed by atoms with Crippen LogP contribution in [-0.4, -0.2) is 30.6 Å². The van der Waals surface area contributed by atoms with E-state index in [-0.39, 0.29) is 18.1 Å². The van der Waals surface area contributed by atoms with E-state index in [1.807, 2.05) is 0 Å². The summed E-state index contributed by atoms with van der Waals surface area (Å²) in [4.78, 5) is 13.5. The van der Waals surface area contributed by atoms with E-state index in [2.05, 4.69) is 0 Å². The molecule has 21 heavy (non-hydrogen) atoms. The van der Waals surface area contributed by atoms with Gasteiger partial charge in [-0.25, -0.2) is 0 Å². The van der Waals surface area contributed by atoms with Gasteiger partial charge in [-0.15, -0.1) is 0 Å². The summed E-state index contributed by atoms with van der Waals surface area (Å²) in [5.41, 5.74) is -0.444. The first-order chi connectivity index (χ1) is 9.93. The largest absolute Gasteiger partial charge is 0.468 e. The zero-order chi connectivity index (χ0) is 15.5. The average molecular weight is 301 g/mol. The van der Waals surface area contributed by atoms with Crippen LogP contribution in [0.5, 0.6) is 0 Å². The Morgan fingerprint density at radius 3 is 2.71 bits per heavy atom. The standard InChI is InChI=1S/C15H18F3NO2/c1-21-14(20)13-8-4-5-9-19(13)10-11-6-2-3-7-12(11)15(16,17)18/h2-3,6-7,13H,4-5,8-10H2,1H3/t13-/m1/s1. The van der Waals surface area contributed by atoms with Crippen LogP contribution in [0.15, 0.2) is 24.3 Å². The van der Waals surface area contributed by atoms with E-state index >= 15 is 0 Å². The van der Waals surface area contributed by atoms with E-state index < -0.39 is 17.8 Å². The molecule has 0 radical (unpaired) electrons. The number of esters is 1. The minimum atomic E-state index is -4.38. The van der Waals surface area contributed by atoms with Crippen LogP contribution in [-0.2, 0) is 22.3 Å². The molecule has 0 aromatic heterocycles. The van der Waals surface area contributed by atoms with Crippen LogP contribution in [0.2, 0.25) is 0 Å². The van der Waals surface area contributed by atoms with Gasteiger partial charge >= 0.3 is 12.1 Å². The summed E-state index contributed by atoms with van der Waals surface area (Å²) in [6.07, 6.45) is -1.99. The van der Waals surface area contributed by atoms with E-state index in [1.165, 1.54) is 19.2 Å². The maximum absolute atomic E-state index is 13.0. The van der Waals surface area contributed by atoms with E-state index in [9.17, 15) is 18.0 Å². The van der Waals surface area contributed by atoms with Gasteiger partial charge in [0.15, 0.2) is 0 Å². The number of likely N-dealkylation sites (tertiary alicyclic amines) is 1. The van der Waals surface area contributed by atoms with Crippen molar-refractivity contribution in [1.29, 1.82) is 0 Å². The van der Waals surface area contributed by atoms with Crippen LogP contribution in [0.3, 0.4) is 0 Å². The van der Waals surface area contributed by atoms with Crippen molar-refractivity contribution in [2.45, 2.75) is 38.0 Å². The zero-order valence-corrected chi connectivity index (χ0v) is 11.8. The monoisotopic (exact) mass is 301 g/mol. The fourth-order valence-electron chi connectivity index (χ4n) is 2.74. The highest BCUT2D eigenvalue weighted by atomic mass is 19.4. The van der Waals surface area contributed by atoms with Crippen molar-refractivity contribution in [1.82, 2.24) is 4.90 Å². The van der Waals surface area contributed by atoms with Crippen molar-refractivity contribution in [2.75, 3.05) is 13.7 Å². The lowest BCUT2D eigenvalue weighted by Crippen LogP contribution is -2.44. The van der Waals surface area contributed by atoms with Crippen molar-refractivity contribution < 1.29 is 22.7 Å². The topological polar surface area (TPSA) is 29.5 Å². The van der Waals surface area contributed by atoms with Crippen molar-refractivity contribution in [3.8, 4) is 0 Å². The number of hydrogen-bond acceptors (Lipinski definition) is 3. The first kappa shape index (κ1) is 15.8. The average Bonchev–Trinajstić information content (AvgIpc) is 2.46. The van der Waals surface area contributed by atoms with E-state index in [0.29, 0.717) is 13.0 Å². The number of carbonyl (C=O) groups excluding carboxylic acids is 1. The Balaban J connectivity index is 2.22. The fraction of sp³-hybridized carbons (Fsp3) is 0.533. The van der Waals surface area contributed by atoms with Crippen LogP contribution in [0.4, 0.5) is 13.2 Å². The third kappa shape index (κ3) is 3.75. The van der Waals surface area contributed by atoms with Crippen molar-refractivity contribution in [3.63, 3.8) is 0 Å². The minimum absolute atomic E-state index is 0.107. The SMILES string of the molecule is COC(=O)[C@H]1CCCCN1Cc1ccccc1C(F)(F)F. The predicted molar refractivity (Wildman–Crippen MR) is 71.5 cm³/mol. The smallest absolute Gasteiger partial charge is 0.416 e. The van der Waals surface area contributed by atoms with Gasteiger partial charge in [0.1, 0.15) is 6.04 Å². The lowest BCUT2D eigenvalue weighted by molar-refractivity contribution is -0.148. The Bertz CT molecular complexity index is 502. The molecule has 1 aliphatic rings. The van der Waals surface area contributed by atoms with Crippen LogP contribution in [0, 0.1) is 0 Å². The van der Waals surface area contributed by atoms with E-state index in [1.54, 1.807) is 11.0 Å². The Kier molecular flexibility index (Phi) is 4.88. The molecule has 0 N–H and O–H groups in total. The molecule has 1 saturated heterocycles. The highest BCUT2D eigenvalue weighted by Gasteiger charge is 2.35. The Hall–Kier alpha value is -1.56. The van der Waals surface area contributed by atoms with Crippen LogP contribution in [0.25, 0.3) is 0 Å². The number of alkyl halides is 3. The lowest BCUT2D eigenvalue weighted by atomic mass is 9.99. The van der Waals surface area contributed by atoms with E-state index in [0.717, 1.165) is 18.9 Å². The summed E-state index contributed by atoms with van der Waals surface area (Å²) >= 11 is 0. The fourth-order valence-corrected chi connectivity index (χ4v) is 2.74. The minimum Gasteiger partial charge on any atom is -0.468 e. The quantitative estimate of drug-likeness (QED) is 0.803. The van der Waals surface area contributed by atoms with Crippen molar-refractivity contribution >= 4 is 5.97 Å². The van der Waals surface area contributed by atoms with Crippen LogP contribution in [0.1, 0.15) is 30.4 Å². The van der Waals surface area contributed by atoms with Gasteiger partial charge in [-0.2, -0.15) is 13.2 Å². The van der Waals surface area contributed by atoms with Gasteiger partial charge in [0, 0.05) is 6.54 Å². The number of hydrogen-bond donors (Lipinski definition) is 0. The molecular formula is C15H18F3NO2. The maximum Gasteiger partial charge on any atom is 0.416 e. The van der Waals surface area contributed by atoms with Gasteiger partial charge in [0.2, 0.25) is 0 Å². The summed E-state index contributed by atoms with van der Waals surface area (Å²) in [6, 6.07) is 5.05. The molecule has 0 saturated carbocycles. The molecule has 0 spiro atoms.